The maximum atomic E-state index is 13.1. The summed E-state index contributed by atoms with van der Waals surface area (Å²) in [5, 5.41) is 10.2. The first-order chi connectivity index (χ1) is 6.56. The van der Waals surface area contributed by atoms with Gasteiger partial charge in [-0.3, -0.25) is 14.9 Å². The largest absolute Gasteiger partial charge is 0.293 e. The van der Waals surface area contributed by atoms with Gasteiger partial charge in [0.1, 0.15) is 5.82 Å². The molecule has 0 saturated carbocycles. The van der Waals surface area contributed by atoms with E-state index in [2.05, 4.69) is 0 Å². The van der Waals surface area contributed by atoms with Crippen LogP contribution in [0.5, 0.6) is 0 Å². The molecule has 0 atom stereocenters. The van der Waals surface area contributed by atoms with E-state index in [1.54, 1.807) is 0 Å². The molecule has 6 heteroatoms. The highest BCUT2D eigenvalue weighted by Crippen LogP contribution is 2.17. The standard InChI is InChI=1S/C8H5ClFNO3/c9-4-8(12)6-2-1-5(11(13)14)3-7(6)10/h1-3H,4H2. The quantitative estimate of drug-likeness (QED) is 0.337. The summed E-state index contributed by atoms with van der Waals surface area (Å²) in [5.74, 6) is -1.88. The molecule has 14 heavy (non-hydrogen) atoms. The van der Waals surface area contributed by atoms with Gasteiger partial charge in [-0.2, -0.15) is 0 Å². The molecule has 1 rings (SSSR count). The third kappa shape index (κ3) is 2.05. The number of carbonyl (C=O) groups is 1. The number of rotatable bonds is 3. The Hall–Kier alpha value is -1.49. The van der Waals surface area contributed by atoms with Crippen LogP contribution in [0.25, 0.3) is 0 Å². The molecule has 0 heterocycles. The second kappa shape index (κ2) is 4.15. The van der Waals surface area contributed by atoms with E-state index in [9.17, 15) is 19.3 Å². The van der Waals surface area contributed by atoms with E-state index in [4.69, 9.17) is 11.6 Å². The molecule has 0 radical (unpaired) electrons. The van der Waals surface area contributed by atoms with E-state index in [1.165, 1.54) is 0 Å². The van der Waals surface area contributed by atoms with Crippen LogP contribution in [-0.4, -0.2) is 16.6 Å². The normalized spacial score (nSPS) is 9.86. The van der Waals surface area contributed by atoms with Gasteiger partial charge in [0.15, 0.2) is 5.78 Å². The number of nitrogens with zero attached hydrogens (tertiary/aromatic N) is 1. The van der Waals surface area contributed by atoms with Crippen molar-refractivity contribution in [3.63, 3.8) is 0 Å². The molecule has 0 saturated heterocycles. The predicted molar refractivity (Wildman–Crippen MR) is 48.1 cm³/mol. The van der Waals surface area contributed by atoms with Crippen molar-refractivity contribution in [2.45, 2.75) is 0 Å². The average molecular weight is 218 g/mol. The topological polar surface area (TPSA) is 60.2 Å². The number of alkyl halides is 1. The molecule has 0 unspecified atom stereocenters. The number of hydrogen-bond acceptors (Lipinski definition) is 3. The Labute approximate surface area is 83.4 Å². The fourth-order valence-corrected chi connectivity index (χ4v) is 1.06. The van der Waals surface area contributed by atoms with Crippen LogP contribution in [0.15, 0.2) is 18.2 Å². The first-order valence-electron chi connectivity index (χ1n) is 3.59. The molecule has 4 nitrogen and oxygen atoms in total. The number of nitro groups is 1. The lowest BCUT2D eigenvalue weighted by atomic mass is 10.1. The van der Waals surface area contributed by atoms with Crippen LogP contribution in [0.4, 0.5) is 10.1 Å². The highest BCUT2D eigenvalue weighted by molar-refractivity contribution is 6.30. The molecule has 1 aromatic rings. The number of non-ortho nitro benzene ring substituents is 1. The van der Waals surface area contributed by atoms with Crippen molar-refractivity contribution in [3.05, 3.63) is 39.7 Å². The van der Waals surface area contributed by atoms with Gasteiger partial charge in [0, 0.05) is 6.07 Å². The molecule has 0 aliphatic rings. The lowest BCUT2D eigenvalue weighted by Crippen LogP contribution is -2.04. The molecule has 0 N–H and O–H groups in total. The second-order valence-corrected chi connectivity index (χ2v) is 2.75. The van der Waals surface area contributed by atoms with Crippen LogP contribution in [0.2, 0.25) is 0 Å². The van der Waals surface area contributed by atoms with Crippen LogP contribution < -0.4 is 0 Å². The van der Waals surface area contributed by atoms with Crippen molar-refractivity contribution in [1.82, 2.24) is 0 Å². The summed E-state index contributed by atoms with van der Waals surface area (Å²) in [6.45, 7) is 0. The lowest BCUT2D eigenvalue weighted by molar-refractivity contribution is -0.385. The van der Waals surface area contributed by atoms with Gasteiger partial charge in [-0.15, -0.1) is 11.6 Å². The van der Waals surface area contributed by atoms with Crippen molar-refractivity contribution in [1.29, 1.82) is 0 Å². The molecule has 0 amide bonds. The van der Waals surface area contributed by atoms with Gasteiger partial charge in [-0.05, 0) is 6.07 Å². The van der Waals surface area contributed by atoms with Crippen LogP contribution in [0.1, 0.15) is 10.4 Å². The fraction of sp³-hybridized carbons (Fsp3) is 0.125. The first kappa shape index (κ1) is 10.6. The summed E-state index contributed by atoms with van der Waals surface area (Å²) in [4.78, 5) is 20.5. The fourth-order valence-electron chi connectivity index (χ4n) is 0.916. The summed E-state index contributed by atoms with van der Waals surface area (Å²) >= 11 is 5.21. The zero-order valence-corrected chi connectivity index (χ0v) is 7.62. The van der Waals surface area contributed by atoms with E-state index in [0.29, 0.717) is 6.07 Å². The Kier molecular flexibility index (Phi) is 3.14. The maximum absolute atomic E-state index is 13.1. The molecule has 74 valence electrons. The minimum Gasteiger partial charge on any atom is -0.293 e. The lowest BCUT2D eigenvalue weighted by Gasteiger charge is -1.98. The molecular weight excluding hydrogens is 213 g/mol. The van der Waals surface area contributed by atoms with Gasteiger partial charge in [0.25, 0.3) is 5.69 Å². The van der Waals surface area contributed by atoms with Crippen molar-refractivity contribution in [3.8, 4) is 0 Å². The van der Waals surface area contributed by atoms with E-state index in [0.717, 1.165) is 12.1 Å². The Bertz CT molecular complexity index is 394. The van der Waals surface area contributed by atoms with Crippen molar-refractivity contribution in [2.24, 2.45) is 0 Å². The monoisotopic (exact) mass is 217 g/mol. The predicted octanol–water partition coefficient (Wildman–Crippen LogP) is 2.16. The summed E-state index contributed by atoms with van der Waals surface area (Å²) in [5.41, 5.74) is -0.626. The smallest absolute Gasteiger partial charge is 0.272 e. The van der Waals surface area contributed by atoms with E-state index >= 15 is 0 Å². The van der Waals surface area contributed by atoms with E-state index in [1.807, 2.05) is 0 Å². The number of halogens is 2. The number of benzene rings is 1. The first-order valence-corrected chi connectivity index (χ1v) is 4.13. The van der Waals surface area contributed by atoms with Gasteiger partial charge in [-0.1, -0.05) is 0 Å². The number of Topliss-reactive ketones (excluding diaryl/α,β-unsaturated/α-hetero) is 1. The Balaban J connectivity index is 3.14. The Morgan fingerprint density at radius 1 is 1.57 bits per heavy atom. The van der Waals surface area contributed by atoms with Crippen molar-refractivity contribution < 1.29 is 14.1 Å². The van der Waals surface area contributed by atoms with Crippen molar-refractivity contribution >= 4 is 23.1 Å². The summed E-state index contributed by atoms with van der Waals surface area (Å²) < 4.78 is 13.1. The number of carbonyl (C=O) groups excluding carboxylic acids is 1. The number of nitro benzene ring substituents is 1. The van der Waals surface area contributed by atoms with Crippen LogP contribution in [-0.2, 0) is 0 Å². The highest BCUT2D eigenvalue weighted by atomic mass is 35.5. The minimum absolute atomic E-state index is 0.231. The van der Waals surface area contributed by atoms with Gasteiger partial charge >= 0.3 is 0 Å². The zero-order chi connectivity index (χ0) is 10.7. The molecule has 0 bridgehead atoms. The molecule has 0 spiro atoms. The third-order valence-electron chi connectivity index (χ3n) is 1.59. The molecule has 0 aliphatic carbocycles. The average Bonchev–Trinajstić information content (AvgIpc) is 2.16. The summed E-state index contributed by atoms with van der Waals surface area (Å²) in [6.07, 6.45) is 0. The van der Waals surface area contributed by atoms with Gasteiger partial charge in [-0.25, -0.2) is 4.39 Å². The SMILES string of the molecule is O=C(CCl)c1ccc([N+](=O)[O-])cc1F. The van der Waals surface area contributed by atoms with Crippen LogP contribution in [0, 0.1) is 15.9 Å². The molecule has 0 aliphatic heterocycles. The van der Waals surface area contributed by atoms with E-state index < -0.39 is 22.2 Å². The number of hydrogen-bond donors (Lipinski definition) is 0. The van der Waals surface area contributed by atoms with Crippen LogP contribution >= 0.6 is 11.6 Å². The highest BCUT2D eigenvalue weighted by Gasteiger charge is 2.14. The Morgan fingerprint density at radius 2 is 2.21 bits per heavy atom. The van der Waals surface area contributed by atoms with Crippen LogP contribution in [0.3, 0.4) is 0 Å². The van der Waals surface area contributed by atoms with E-state index in [-0.39, 0.29) is 11.4 Å². The molecular formula is C8H5ClFNO3. The number of ketones is 1. The second-order valence-electron chi connectivity index (χ2n) is 2.48. The van der Waals surface area contributed by atoms with Gasteiger partial charge < -0.3 is 0 Å². The zero-order valence-electron chi connectivity index (χ0n) is 6.87. The van der Waals surface area contributed by atoms with Gasteiger partial charge in [0.2, 0.25) is 0 Å². The summed E-state index contributed by atoms with van der Waals surface area (Å²) in [7, 11) is 0. The Morgan fingerprint density at radius 3 is 2.64 bits per heavy atom. The molecule has 0 aromatic heterocycles. The minimum atomic E-state index is -0.926. The van der Waals surface area contributed by atoms with Gasteiger partial charge in [0.05, 0.1) is 22.4 Å². The van der Waals surface area contributed by atoms with Crippen molar-refractivity contribution in [2.75, 3.05) is 5.88 Å². The summed E-state index contributed by atoms with van der Waals surface area (Å²) in [6, 6.07) is 2.81. The molecule has 0 fully saturated rings. The third-order valence-corrected chi connectivity index (χ3v) is 1.83. The molecule has 1 aromatic carbocycles. The maximum Gasteiger partial charge on any atom is 0.272 e.